The third-order valence-electron chi connectivity index (χ3n) is 5.13. The number of halogens is 1. The lowest BCUT2D eigenvalue weighted by atomic mass is 10.1. The van der Waals surface area contributed by atoms with E-state index in [9.17, 15) is 9.50 Å². The highest BCUT2D eigenvalue weighted by atomic mass is 19.1. The third-order valence-corrected chi connectivity index (χ3v) is 5.13. The fourth-order valence-electron chi connectivity index (χ4n) is 3.33. The van der Waals surface area contributed by atoms with E-state index in [1.54, 1.807) is 18.2 Å². The van der Waals surface area contributed by atoms with Crippen LogP contribution in [0.3, 0.4) is 0 Å². The Bertz CT molecular complexity index is 1220. The number of rotatable bonds is 10. The van der Waals surface area contributed by atoms with Gasteiger partial charge in [-0.1, -0.05) is 66.7 Å². The van der Waals surface area contributed by atoms with Crippen LogP contribution in [0.15, 0.2) is 84.9 Å². The Labute approximate surface area is 197 Å². The molecule has 6 nitrogen and oxygen atoms in total. The molecule has 0 aliphatic carbocycles. The standard InChI is InChI=1S/C27H25FN2O4/c28-25-21(15-16-31)11-12-22(26(25)32)29-23-13-14-24(33-17-19-7-3-1-4-8-19)30-27(23)34-18-20-9-5-2-6-10-20/h1-14,29,31-32H,15-18H2. The minimum absolute atomic E-state index is 0.111. The van der Waals surface area contributed by atoms with E-state index in [1.165, 1.54) is 6.07 Å². The SMILES string of the molecule is OCCc1ccc(Nc2ccc(OCc3ccccc3)nc2OCc2ccccc2)c(O)c1F. The van der Waals surface area contributed by atoms with Crippen LogP contribution >= 0.6 is 0 Å². The summed E-state index contributed by atoms with van der Waals surface area (Å²) in [6.45, 7) is 0.395. The van der Waals surface area contributed by atoms with Crippen molar-refractivity contribution < 1.29 is 24.1 Å². The number of nitrogens with one attached hydrogen (secondary N) is 1. The first-order valence-electron chi connectivity index (χ1n) is 10.9. The average Bonchev–Trinajstić information content (AvgIpc) is 2.88. The normalized spacial score (nSPS) is 10.6. The number of aromatic nitrogens is 1. The molecule has 0 aliphatic heterocycles. The topological polar surface area (TPSA) is 83.8 Å². The van der Waals surface area contributed by atoms with Gasteiger partial charge in [-0.05, 0) is 35.2 Å². The van der Waals surface area contributed by atoms with Gasteiger partial charge in [-0.25, -0.2) is 4.39 Å². The predicted octanol–water partition coefficient (Wildman–Crippen LogP) is 5.36. The van der Waals surface area contributed by atoms with Crippen LogP contribution in [0.1, 0.15) is 16.7 Å². The van der Waals surface area contributed by atoms with Crippen LogP contribution in [0.25, 0.3) is 0 Å². The molecule has 4 rings (SSSR count). The second kappa shape index (κ2) is 11.2. The Morgan fingerprint density at radius 3 is 2.03 bits per heavy atom. The van der Waals surface area contributed by atoms with Gasteiger partial charge in [-0.15, -0.1) is 0 Å². The van der Waals surface area contributed by atoms with Gasteiger partial charge in [0.2, 0.25) is 11.8 Å². The average molecular weight is 461 g/mol. The maximum absolute atomic E-state index is 14.5. The molecule has 34 heavy (non-hydrogen) atoms. The number of phenols is 1. The van der Waals surface area contributed by atoms with Gasteiger partial charge >= 0.3 is 0 Å². The maximum atomic E-state index is 14.5. The molecule has 3 N–H and O–H groups in total. The highest BCUT2D eigenvalue weighted by molar-refractivity contribution is 5.70. The van der Waals surface area contributed by atoms with Crippen LogP contribution in [-0.2, 0) is 19.6 Å². The fraction of sp³-hybridized carbons (Fsp3) is 0.148. The van der Waals surface area contributed by atoms with Gasteiger partial charge in [0, 0.05) is 12.7 Å². The quantitative estimate of drug-likeness (QED) is 0.276. The molecule has 0 amide bonds. The van der Waals surface area contributed by atoms with Crippen LogP contribution in [0.4, 0.5) is 15.8 Å². The van der Waals surface area contributed by atoms with Gasteiger partial charge in [-0.3, -0.25) is 0 Å². The lowest BCUT2D eigenvalue weighted by molar-refractivity contribution is 0.269. The molecule has 0 bridgehead atoms. The molecule has 7 heteroatoms. The van der Waals surface area contributed by atoms with Crippen molar-refractivity contribution in [1.29, 1.82) is 0 Å². The zero-order valence-electron chi connectivity index (χ0n) is 18.4. The molecule has 1 aromatic heterocycles. The van der Waals surface area contributed by atoms with Gasteiger partial charge in [0.25, 0.3) is 0 Å². The molecule has 174 valence electrons. The van der Waals surface area contributed by atoms with Crippen molar-refractivity contribution in [2.75, 3.05) is 11.9 Å². The summed E-state index contributed by atoms with van der Waals surface area (Å²) >= 11 is 0. The minimum Gasteiger partial charge on any atom is -0.503 e. The van der Waals surface area contributed by atoms with E-state index < -0.39 is 11.6 Å². The van der Waals surface area contributed by atoms with E-state index >= 15 is 0 Å². The van der Waals surface area contributed by atoms with E-state index in [2.05, 4.69) is 10.3 Å². The summed E-state index contributed by atoms with van der Waals surface area (Å²) in [5, 5.41) is 22.4. The van der Waals surface area contributed by atoms with Gasteiger partial charge in [-0.2, -0.15) is 4.98 Å². The van der Waals surface area contributed by atoms with Crippen molar-refractivity contribution in [2.24, 2.45) is 0 Å². The third kappa shape index (κ3) is 5.82. The van der Waals surface area contributed by atoms with Crippen LogP contribution in [-0.4, -0.2) is 21.8 Å². The van der Waals surface area contributed by atoms with E-state index in [0.29, 0.717) is 18.2 Å². The van der Waals surface area contributed by atoms with E-state index in [4.69, 9.17) is 14.6 Å². The summed E-state index contributed by atoms with van der Waals surface area (Å²) in [6.07, 6.45) is 0.111. The Morgan fingerprint density at radius 1 is 0.765 bits per heavy atom. The van der Waals surface area contributed by atoms with Crippen molar-refractivity contribution in [2.45, 2.75) is 19.6 Å². The number of nitrogens with zero attached hydrogens (tertiary/aromatic N) is 1. The van der Waals surface area contributed by atoms with Gasteiger partial charge < -0.3 is 25.0 Å². The van der Waals surface area contributed by atoms with Gasteiger partial charge in [0.05, 0.1) is 5.69 Å². The summed E-state index contributed by atoms with van der Waals surface area (Å²) in [6, 6.07) is 25.8. The van der Waals surface area contributed by atoms with Crippen LogP contribution in [0.5, 0.6) is 17.5 Å². The molecule has 4 aromatic rings. The monoisotopic (exact) mass is 460 g/mol. The van der Waals surface area contributed by atoms with E-state index in [1.807, 2.05) is 60.7 Å². The molecule has 0 saturated heterocycles. The number of hydrogen-bond acceptors (Lipinski definition) is 6. The summed E-state index contributed by atoms with van der Waals surface area (Å²) in [7, 11) is 0. The Balaban J connectivity index is 1.57. The molecular weight excluding hydrogens is 435 g/mol. The molecule has 0 spiro atoms. The van der Waals surface area contributed by atoms with Crippen molar-refractivity contribution in [1.82, 2.24) is 4.98 Å². The number of anilines is 2. The second-order valence-corrected chi connectivity index (χ2v) is 7.58. The second-order valence-electron chi connectivity index (χ2n) is 7.58. The Hall–Kier alpha value is -4.10. The van der Waals surface area contributed by atoms with Crippen molar-refractivity contribution in [3.63, 3.8) is 0 Å². The molecule has 1 heterocycles. The first kappa shape index (κ1) is 23.1. The number of hydrogen-bond donors (Lipinski definition) is 3. The summed E-state index contributed by atoms with van der Waals surface area (Å²) < 4.78 is 26.3. The molecule has 0 unspecified atom stereocenters. The Kier molecular flexibility index (Phi) is 7.57. The summed E-state index contributed by atoms with van der Waals surface area (Å²) in [4.78, 5) is 4.48. The minimum atomic E-state index is -0.776. The highest BCUT2D eigenvalue weighted by Gasteiger charge is 2.16. The molecule has 0 atom stereocenters. The molecule has 3 aromatic carbocycles. The zero-order chi connectivity index (χ0) is 23.8. The fourth-order valence-corrected chi connectivity index (χ4v) is 3.33. The first-order chi connectivity index (χ1) is 16.6. The number of pyridine rings is 1. The number of benzene rings is 3. The van der Waals surface area contributed by atoms with Crippen LogP contribution in [0.2, 0.25) is 0 Å². The molecular formula is C27H25FN2O4. The van der Waals surface area contributed by atoms with Gasteiger partial charge in [0.1, 0.15) is 18.9 Å². The van der Waals surface area contributed by atoms with Gasteiger partial charge in [0.15, 0.2) is 11.6 Å². The number of ether oxygens (including phenoxy) is 2. The number of aliphatic hydroxyl groups is 1. The van der Waals surface area contributed by atoms with Crippen molar-refractivity contribution in [3.8, 4) is 17.5 Å². The highest BCUT2D eigenvalue weighted by Crippen LogP contribution is 2.35. The molecule has 0 saturated carbocycles. The largest absolute Gasteiger partial charge is 0.503 e. The molecule has 0 aliphatic rings. The summed E-state index contributed by atoms with van der Waals surface area (Å²) in [5.74, 6) is -0.703. The Morgan fingerprint density at radius 2 is 1.38 bits per heavy atom. The number of phenolic OH excluding ortho intramolecular Hbond substituents is 1. The first-order valence-corrected chi connectivity index (χ1v) is 10.9. The smallest absolute Gasteiger partial charge is 0.241 e. The zero-order valence-corrected chi connectivity index (χ0v) is 18.4. The lowest BCUT2D eigenvalue weighted by Gasteiger charge is -2.16. The molecule has 0 fully saturated rings. The van der Waals surface area contributed by atoms with E-state index in [-0.39, 0.29) is 36.8 Å². The van der Waals surface area contributed by atoms with E-state index in [0.717, 1.165) is 11.1 Å². The van der Waals surface area contributed by atoms with Crippen molar-refractivity contribution >= 4 is 11.4 Å². The molecule has 0 radical (unpaired) electrons. The predicted molar refractivity (Wildman–Crippen MR) is 128 cm³/mol. The van der Waals surface area contributed by atoms with Crippen molar-refractivity contribution in [3.05, 3.63) is 107 Å². The lowest BCUT2D eigenvalue weighted by Crippen LogP contribution is -2.04. The number of aromatic hydroxyl groups is 1. The maximum Gasteiger partial charge on any atom is 0.241 e. The number of aliphatic hydroxyl groups excluding tert-OH is 1. The summed E-state index contributed by atoms with van der Waals surface area (Å²) in [5.41, 5.74) is 2.78. The van der Waals surface area contributed by atoms with Crippen LogP contribution in [0, 0.1) is 5.82 Å². The van der Waals surface area contributed by atoms with Crippen LogP contribution < -0.4 is 14.8 Å².